The zero-order valence-electron chi connectivity index (χ0n) is 33.7. The standard InChI is InChI=1S/C44H55N11O2/c1-30-25-44(29-54(30)39-8-6-34(26-45)42-36(39)5-4-17-46-42)15-23-51(24-16-44)41-9-7-38(47-48-41)43(57)52-20-10-33(11-21-52)27-50-18-12-35(13-19-50)55-40-14-22-53(32(3)56)28-37(40)31(2)49-55/h4-9,17,30,33,35H,10-16,18-25,27-29H2,1-3H3/t30-/m0/s1. The molecular weight excluding hydrogens is 715 g/mol. The highest BCUT2D eigenvalue weighted by Gasteiger charge is 2.45. The van der Waals surface area contributed by atoms with E-state index >= 15 is 0 Å². The number of hydrogen-bond acceptors (Lipinski definition) is 10. The lowest BCUT2D eigenvalue weighted by molar-refractivity contribution is -0.129. The van der Waals surface area contributed by atoms with E-state index in [0.29, 0.717) is 35.8 Å². The molecule has 1 atom stereocenters. The van der Waals surface area contributed by atoms with Gasteiger partial charge in [-0.1, -0.05) is 0 Å². The van der Waals surface area contributed by atoms with Gasteiger partial charge in [0, 0.05) is 113 Å². The molecule has 0 radical (unpaired) electrons. The third kappa shape index (κ3) is 7.22. The van der Waals surface area contributed by atoms with Gasteiger partial charge in [-0.05, 0) is 107 Å². The number of carbonyl (C=O) groups excluding carboxylic acids is 2. The van der Waals surface area contributed by atoms with Crippen LogP contribution >= 0.6 is 0 Å². The number of piperidine rings is 3. The first-order chi connectivity index (χ1) is 27.7. The van der Waals surface area contributed by atoms with Gasteiger partial charge in [0.2, 0.25) is 5.91 Å². The van der Waals surface area contributed by atoms with Crippen LogP contribution < -0.4 is 9.80 Å². The van der Waals surface area contributed by atoms with E-state index in [-0.39, 0.29) is 17.2 Å². The number of hydrogen-bond donors (Lipinski definition) is 0. The van der Waals surface area contributed by atoms with Crippen molar-refractivity contribution in [1.82, 2.24) is 39.7 Å². The fraction of sp³-hybridized carbons (Fsp3) is 0.568. The molecule has 0 bridgehead atoms. The minimum absolute atomic E-state index is 0.0132. The third-order valence-corrected chi connectivity index (χ3v) is 14.0. The molecule has 5 aliphatic heterocycles. The minimum Gasteiger partial charge on any atom is -0.368 e. The van der Waals surface area contributed by atoms with Gasteiger partial charge in [0.15, 0.2) is 11.5 Å². The van der Waals surface area contributed by atoms with Crippen LogP contribution in [-0.4, -0.2) is 116 Å². The lowest BCUT2D eigenvalue weighted by Crippen LogP contribution is -2.44. The summed E-state index contributed by atoms with van der Waals surface area (Å²) in [7, 11) is 0. The molecule has 4 fully saturated rings. The topological polar surface area (TPSA) is 131 Å². The molecule has 2 amide bonds. The molecule has 3 aromatic heterocycles. The van der Waals surface area contributed by atoms with E-state index in [1.807, 2.05) is 34.1 Å². The maximum atomic E-state index is 13.5. The molecule has 57 heavy (non-hydrogen) atoms. The number of benzene rings is 1. The van der Waals surface area contributed by atoms with Crippen molar-refractivity contribution >= 4 is 34.2 Å². The van der Waals surface area contributed by atoms with Gasteiger partial charge in [0.1, 0.15) is 6.07 Å². The Hall–Kier alpha value is -5.09. The van der Waals surface area contributed by atoms with Gasteiger partial charge in [-0.3, -0.25) is 19.3 Å². The molecule has 1 spiro atoms. The maximum absolute atomic E-state index is 13.5. The Balaban J connectivity index is 0.735. The number of anilines is 2. The molecule has 0 N–H and O–H groups in total. The van der Waals surface area contributed by atoms with Gasteiger partial charge in [0.05, 0.1) is 22.8 Å². The fourth-order valence-electron chi connectivity index (χ4n) is 10.7. The number of carbonyl (C=O) groups is 2. The number of amides is 2. The van der Waals surface area contributed by atoms with Crippen LogP contribution in [0.25, 0.3) is 10.9 Å². The Kier molecular flexibility index (Phi) is 10.1. The summed E-state index contributed by atoms with van der Waals surface area (Å²) in [4.78, 5) is 41.4. The molecule has 13 heteroatoms. The second kappa shape index (κ2) is 15.3. The van der Waals surface area contributed by atoms with Crippen LogP contribution in [0.2, 0.25) is 0 Å². The Morgan fingerprint density at radius 2 is 1.72 bits per heavy atom. The Morgan fingerprint density at radius 1 is 0.930 bits per heavy atom. The van der Waals surface area contributed by atoms with Gasteiger partial charge >= 0.3 is 0 Å². The lowest BCUT2D eigenvalue weighted by Gasteiger charge is -2.40. The van der Waals surface area contributed by atoms with Crippen molar-refractivity contribution in [2.75, 3.05) is 68.7 Å². The highest BCUT2D eigenvalue weighted by atomic mass is 16.2. The van der Waals surface area contributed by atoms with E-state index in [0.717, 1.165) is 133 Å². The summed E-state index contributed by atoms with van der Waals surface area (Å²) in [5.41, 5.74) is 6.87. The normalized spacial score (nSPS) is 22.0. The van der Waals surface area contributed by atoms with Crippen molar-refractivity contribution in [3.8, 4) is 6.07 Å². The average molecular weight is 770 g/mol. The predicted octanol–water partition coefficient (Wildman–Crippen LogP) is 5.38. The summed E-state index contributed by atoms with van der Waals surface area (Å²) in [6.45, 7) is 15.1. The number of rotatable bonds is 6. The number of nitriles is 1. The molecule has 5 aliphatic rings. The molecule has 0 aliphatic carbocycles. The predicted molar refractivity (Wildman–Crippen MR) is 219 cm³/mol. The number of fused-ring (bicyclic) bond motifs is 2. The summed E-state index contributed by atoms with van der Waals surface area (Å²) in [6.07, 6.45) is 10.2. The number of aryl methyl sites for hydroxylation is 1. The Bertz CT molecular complexity index is 2170. The molecule has 1 aromatic carbocycles. The first-order valence-corrected chi connectivity index (χ1v) is 21.2. The Morgan fingerprint density at radius 3 is 2.44 bits per heavy atom. The summed E-state index contributed by atoms with van der Waals surface area (Å²) >= 11 is 0. The zero-order valence-corrected chi connectivity index (χ0v) is 33.7. The summed E-state index contributed by atoms with van der Waals surface area (Å²) in [5, 5.41) is 24.7. The van der Waals surface area contributed by atoms with Crippen LogP contribution in [0.5, 0.6) is 0 Å². The molecule has 0 saturated carbocycles. The molecule has 8 heterocycles. The van der Waals surface area contributed by atoms with Crippen molar-refractivity contribution in [1.29, 1.82) is 5.26 Å². The number of likely N-dealkylation sites (tertiary alicyclic amines) is 2. The zero-order chi connectivity index (χ0) is 39.3. The van der Waals surface area contributed by atoms with Crippen molar-refractivity contribution in [3.05, 3.63) is 70.8 Å². The lowest BCUT2D eigenvalue weighted by atomic mass is 9.77. The van der Waals surface area contributed by atoms with E-state index < -0.39 is 0 Å². The van der Waals surface area contributed by atoms with Gasteiger partial charge in [-0.2, -0.15) is 10.4 Å². The summed E-state index contributed by atoms with van der Waals surface area (Å²) < 4.78 is 2.30. The van der Waals surface area contributed by atoms with Crippen LogP contribution in [0.4, 0.5) is 11.5 Å². The Labute approximate surface area is 335 Å². The monoisotopic (exact) mass is 769 g/mol. The second-order valence-corrected chi connectivity index (χ2v) is 17.5. The molecule has 4 saturated heterocycles. The molecule has 9 rings (SSSR count). The molecular formula is C44H55N11O2. The van der Waals surface area contributed by atoms with Crippen molar-refractivity contribution in [2.24, 2.45) is 11.3 Å². The SMILES string of the molecule is CC(=O)N1CCc2c(c(C)nn2C2CCN(CC3CCN(C(=O)c4ccc(N5CCC6(CC5)C[C@H](C)N(c5ccc(C#N)c7ncccc57)C6)nn4)CC3)CC2)C1. The van der Waals surface area contributed by atoms with E-state index in [4.69, 9.17) is 5.10 Å². The quantitative estimate of drug-likeness (QED) is 0.252. The smallest absolute Gasteiger partial charge is 0.274 e. The van der Waals surface area contributed by atoms with Crippen molar-refractivity contribution in [3.63, 3.8) is 0 Å². The number of nitrogens with zero attached hydrogens (tertiary/aromatic N) is 11. The molecule has 4 aromatic rings. The van der Waals surface area contributed by atoms with Crippen LogP contribution in [-0.2, 0) is 17.8 Å². The largest absolute Gasteiger partial charge is 0.368 e. The third-order valence-electron chi connectivity index (χ3n) is 14.0. The van der Waals surface area contributed by atoms with E-state index in [1.165, 1.54) is 16.9 Å². The molecule has 0 unspecified atom stereocenters. The first kappa shape index (κ1) is 37.5. The maximum Gasteiger partial charge on any atom is 0.274 e. The number of aromatic nitrogens is 5. The van der Waals surface area contributed by atoms with E-state index in [1.54, 1.807) is 13.1 Å². The van der Waals surface area contributed by atoms with Crippen LogP contribution in [0, 0.1) is 29.6 Å². The minimum atomic E-state index is -0.0132. The molecule has 298 valence electrons. The van der Waals surface area contributed by atoms with E-state index in [2.05, 4.69) is 66.6 Å². The van der Waals surface area contributed by atoms with Crippen molar-refractivity contribution in [2.45, 2.75) is 90.8 Å². The summed E-state index contributed by atoms with van der Waals surface area (Å²) in [6, 6.07) is 15.0. The second-order valence-electron chi connectivity index (χ2n) is 17.5. The van der Waals surface area contributed by atoms with Gasteiger partial charge < -0.3 is 24.5 Å². The van der Waals surface area contributed by atoms with Gasteiger partial charge in [-0.15, -0.1) is 10.2 Å². The highest BCUT2D eigenvalue weighted by molar-refractivity contribution is 5.95. The van der Waals surface area contributed by atoms with Crippen LogP contribution in [0.15, 0.2) is 42.6 Å². The highest BCUT2D eigenvalue weighted by Crippen LogP contribution is 2.46. The number of pyridine rings is 1. The van der Waals surface area contributed by atoms with Crippen molar-refractivity contribution < 1.29 is 9.59 Å². The van der Waals surface area contributed by atoms with Gasteiger partial charge in [-0.25, -0.2) is 0 Å². The van der Waals surface area contributed by atoms with Gasteiger partial charge in [0.25, 0.3) is 5.91 Å². The molecule has 13 nitrogen and oxygen atoms in total. The van der Waals surface area contributed by atoms with E-state index in [9.17, 15) is 14.9 Å². The average Bonchev–Trinajstić information content (AvgIpc) is 3.75. The summed E-state index contributed by atoms with van der Waals surface area (Å²) in [5.74, 6) is 1.57. The first-order valence-electron chi connectivity index (χ1n) is 21.2. The van der Waals surface area contributed by atoms with Crippen LogP contribution in [0.3, 0.4) is 0 Å². The fourth-order valence-corrected chi connectivity index (χ4v) is 10.7. The van der Waals surface area contributed by atoms with Crippen LogP contribution in [0.1, 0.15) is 97.8 Å².